The van der Waals surface area contributed by atoms with Crippen molar-refractivity contribution in [2.24, 2.45) is 0 Å². The summed E-state index contributed by atoms with van der Waals surface area (Å²) in [6.45, 7) is 5.74. The van der Waals surface area contributed by atoms with E-state index in [2.05, 4.69) is 0 Å². The van der Waals surface area contributed by atoms with Gasteiger partial charge in [0.25, 0.3) is 0 Å². The number of rotatable bonds is 11. The lowest BCUT2D eigenvalue weighted by atomic mass is 10.1. The third-order valence-electron chi connectivity index (χ3n) is 2.30. The van der Waals surface area contributed by atoms with Crippen LogP contribution in [0.3, 0.4) is 0 Å². The molecule has 0 aliphatic rings. The molecule has 0 saturated carbocycles. The van der Waals surface area contributed by atoms with Crippen LogP contribution >= 0.6 is 0 Å². The van der Waals surface area contributed by atoms with Crippen LogP contribution in [0.2, 0.25) is 0 Å². The summed E-state index contributed by atoms with van der Waals surface area (Å²) in [7, 11) is 0. The molecule has 0 heterocycles. The summed E-state index contributed by atoms with van der Waals surface area (Å²) in [5, 5.41) is 8.61. The van der Waals surface area contributed by atoms with Gasteiger partial charge < -0.3 is 14.6 Å². The molecule has 0 bridgehead atoms. The molecule has 15 heavy (non-hydrogen) atoms. The quantitative estimate of drug-likeness (QED) is 0.428. The van der Waals surface area contributed by atoms with Gasteiger partial charge in [-0.05, 0) is 33.1 Å². The van der Waals surface area contributed by atoms with Crippen molar-refractivity contribution >= 4 is 0 Å². The van der Waals surface area contributed by atoms with Crippen LogP contribution in [0.1, 0.15) is 52.4 Å². The van der Waals surface area contributed by atoms with Crippen molar-refractivity contribution in [3.8, 4) is 0 Å². The molecular weight excluding hydrogens is 192 g/mol. The van der Waals surface area contributed by atoms with Crippen LogP contribution in [-0.4, -0.2) is 31.2 Å². The number of unbranched alkanes of at least 4 members (excludes halogenated alkanes) is 4. The summed E-state index contributed by atoms with van der Waals surface area (Å²) in [6.07, 6.45) is 6.59. The molecule has 0 radical (unpaired) electrons. The maximum Gasteiger partial charge on any atom is 0.157 e. The maximum atomic E-state index is 8.61. The van der Waals surface area contributed by atoms with Gasteiger partial charge in [-0.25, -0.2) is 0 Å². The highest BCUT2D eigenvalue weighted by Crippen LogP contribution is 2.10. The predicted molar refractivity (Wildman–Crippen MR) is 61.8 cm³/mol. The number of hydrogen-bond acceptors (Lipinski definition) is 3. The molecule has 0 aliphatic heterocycles. The third kappa shape index (κ3) is 10.2. The van der Waals surface area contributed by atoms with Gasteiger partial charge >= 0.3 is 0 Å². The maximum absolute atomic E-state index is 8.61. The lowest BCUT2D eigenvalue weighted by Crippen LogP contribution is -2.17. The van der Waals surface area contributed by atoms with Gasteiger partial charge in [0.05, 0.1) is 0 Å². The van der Waals surface area contributed by atoms with Crippen molar-refractivity contribution in [2.45, 2.75) is 58.7 Å². The minimum atomic E-state index is -0.0159. The minimum absolute atomic E-state index is 0.0159. The van der Waals surface area contributed by atoms with Crippen molar-refractivity contribution in [3.63, 3.8) is 0 Å². The van der Waals surface area contributed by atoms with Crippen LogP contribution in [0, 0.1) is 0 Å². The van der Waals surface area contributed by atoms with E-state index in [0.717, 1.165) is 38.9 Å². The molecule has 1 N–H and O–H groups in total. The predicted octanol–water partition coefficient (Wildman–Crippen LogP) is 2.72. The van der Waals surface area contributed by atoms with Crippen LogP contribution in [0.5, 0.6) is 0 Å². The van der Waals surface area contributed by atoms with Gasteiger partial charge in [-0.3, -0.25) is 0 Å². The minimum Gasteiger partial charge on any atom is -0.396 e. The molecular formula is C12H26O3. The second-order valence-electron chi connectivity index (χ2n) is 3.62. The van der Waals surface area contributed by atoms with E-state index in [9.17, 15) is 0 Å². The number of aliphatic hydroxyl groups is 1. The fourth-order valence-electron chi connectivity index (χ4n) is 1.54. The molecule has 0 amide bonds. The Morgan fingerprint density at radius 2 is 1.40 bits per heavy atom. The molecule has 0 saturated heterocycles. The molecule has 0 unspecified atom stereocenters. The summed E-state index contributed by atoms with van der Waals surface area (Å²) in [4.78, 5) is 0. The first-order valence-corrected chi connectivity index (χ1v) is 6.19. The average Bonchev–Trinajstić information content (AvgIpc) is 2.24. The second kappa shape index (κ2) is 12.0. The molecule has 92 valence electrons. The SMILES string of the molecule is CCOC(CCCCCCCO)OCC. The molecule has 0 aliphatic carbocycles. The van der Waals surface area contributed by atoms with Crippen LogP contribution in [0.4, 0.5) is 0 Å². The first-order valence-electron chi connectivity index (χ1n) is 6.19. The molecule has 0 atom stereocenters. The lowest BCUT2D eigenvalue weighted by Gasteiger charge is -2.16. The van der Waals surface area contributed by atoms with Gasteiger partial charge in [0, 0.05) is 19.8 Å². The highest BCUT2D eigenvalue weighted by atomic mass is 16.7. The van der Waals surface area contributed by atoms with E-state index in [0.29, 0.717) is 6.61 Å². The Morgan fingerprint density at radius 1 is 0.867 bits per heavy atom. The normalized spacial score (nSPS) is 11.2. The van der Waals surface area contributed by atoms with Crippen molar-refractivity contribution in [2.75, 3.05) is 19.8 Å². The van der Waals surface area contributed by atoms with Crippen LogP contribution in [0.25, 0.3) is 0 Å². The largest absolute Gasteiger partial charge is 0.396 e. The molecule has 0 fully saturated rings. The van der Waals surface area contributed by atoms with Crippen LogP contribution in [-0.2, 0) is 9.47 Å². The lowest BCUT2D eigenvalue weighted by molar-refractivity contribution is -0.140. The van der Waals surface area contributed by atoms with E-state index >= 15 is 0 Å². The number of aliphatic hydroxyl groups excluding tert-OH is 1. The van der Waals surface area contributed by atoms with Crippen molar-refractivity contribution < 1.29 is 14.6 Å². The molecule has 3 nitrogen and oxygen atoms in total. The summed E-state index contributed by atoms with van der Waals surface area (Å²) in [5.74, 6) is 0. The average molecular weight is 218 g/mol. The number of hydrogen-bond donors (Lipinski definition) is 1. The summed E-state index contributed by atoms with van der Waals surface area (Å²) < 4.78 is 10.9. The number of ether oxygens (including phenoxy) is 2. The van der Waals surface area contributed by atoms with E-state index < -0.39 is 0 Å². The monoisotopic (exact) mass is 218 g/mol. The Hall–Kier alpha value is -0.120. The van der Waals surface area contributed by atoms with Crippen LogP contribution < -0.4 is 0 Å². The molecule has 0 spiro atoms. The van der Waals surface area contributed by atoms with Crippen molar-refractivity contribution in [1.82, 2.24) is 0 Å². The van der Waals surface area contributed by atoms with Gasteiger partial charge in [-0.1, -0.05) is 19.3 Å². The summed E-state index contributed by atoms with van der Waals surface area (Å²) in [5.41, 5.74) is 0. The second-order valence-corrected chi connectivity index (χ2v) is 3.62. The van der Waals surface area contributed by atoms with Gasteiger partial charge in [-0.15, -0.1) is 0 Å². The molecule has 0 aromatic rings. The third-order valence-corrected chi connectivity index (χ3v) is 2.30. The first-order chi connectivity index (χ1) is 7.35. The topological polar surface area (TPSA) is 38.7 Å². The Balaban J connectivity index is 3.28. The summed E-state index contributed by atoms with van der Waals surface area (Å²) in [6, 6.07) is 0. The van der Waals surface area contributed by atoms with Crippen LogP contribution in [0.15, 0.2) is 0 Å². The smallest absolute Gasteiger partial charge is 0.157 e. The zero-order valence-corrected chi connectivity index (χ0v) is 10.2. The fraction of sp³-hybridized carbons (Fsp3) is 1.00. The molecule has 0 aromatic heterocycles. The standard InChI is InChI=1S/C12H26O3/c1-3-14-12(15-4-2)10-8-6-5-7-9-11-13/h12-13H,3-11H2,1-2H3. The zero-order chi connectivity index (χ0) is 11.4. The highest BCUT2D eigenvalue weighted by Gasteiger charge is 2.06. The van der Waals surface area contributed by atoms with E-state index in [1.54, 1.807) is 0 Å². The first kappa shape index (κ1) is 14.9. The van der Waals surface area contributed by atoms with Gasteiger partial charge in [0.15, 0.2) is 6.29 Å². The van der Waals surface area contributed by atoms with Gasteiger partial charge in [0.1, 0.15) is 0 Å². The van der Waals surface area contributed by atoms with E-state index in [4.69, 9.17) is 14.6 Å². The molecule has 0 rings (SSSR count). The van der Waals surface area contributed by atoms with Gasteiger partial charge in [-0.2, -0.15) is 0 Å². The molecule has 3 heteroatoms. The van der Waals surface area contributed by atoms with Crippen molar-refractivity contribution in [3.05, 3.63) is 0 Å². The van der Waals surface area contributed by atoms with E-state index in [1.165, 1.54) is 12.8 Å². The van der Waals surface area contributed by atoms with Gasteiger partial charge in [0.2, 0.25) is 0 Å². The zero-order valence-electron chi connectivity index (χ0n) is 10.2. The fourth-order valence-corrected chi connectivity index (χ4v) is 1.54. The summed E-state index contributed by atoms with van der Waals surface area (Å²) >= 11 is 0. The van der Waals surface area contributed by atoms with Crippen molar-refractivity contribution in [1.29, 1.82) is 0 Å². The Kier molecular flexibility index (Phi) is 11.9. The highest BCUT2D eigenvalue weighted by molar-refractivity contribution is 4.49. The Bertz CT molecular complexity index is 111. The molecule has 0 aromatic carbocycles. The Morgan fingerprint density at radius 3 is 1.93 bits per heavy atom. The van der Waals surface area contributed by atoms with E-state index in [1.807, 2.05) is 13.8 Å². The van der Waals surface area contributed by atoms with E-state index in [-0.39, 0.29) is 6.29 Å². The Labute approximate surface area is 93.8 Å².